The fourth-order valence-electron chi connectivity index (χ4n) is 2.26. The minimum atomic E-state index is 0.370. The Morgan fingerprint density at radius 1 is 1.19 bits per heavy atom. The Kier molecular flexibility index (Phi) is 4.74. The minimum Gasteiger partial charge on any atom is -0.397 e. The van der Waals surface area contributed by atoms with Crippen LogP contribution in [0.3, 0.4) is 0 Å². The summed E-state index contributed by atoms with van der Waals surface area (Å²) < 4.78 is 0. The van der Waals surface area contributed by atoms with E-state index in [1.807, 2.05) is 37.2 Å². The van der Waals surface area contributed by atoms with Crippen LogP contribution in [0, 0.1) is 11.3 Å². The molecule has 0 saturated heterocycles. The summed E-state index contributed by atoms with van der Waals surface area (Å²) in [5, 5.41) is 10.5. The second-order valence-electron chi connectivity index (χ2n) is 5.01. The van der Waals surface area contributed by atoms with E-state index in [-0.39, 0.29) is 0 Å². The molecule has 2 aromatic carbocycles. The first-order valence-electron chi connectivity index (χ1n) is 6.36. The van der Waals surface area contributed by atoms with Crippen LogP contribution in [-0.2, 0) is 6.54 Å². The van der Waals surface area contributed by atoms with Crippen molar-refractivity contribution in [3.05, 3.63) is 51.5 Å². The monoisotopic (exact) mass is 319 g/mol. The van der Waals surface area contributed by atoms with E-state index in [4.69, 9.17) is 28.9 Å². The van der Waals surface area contributed by atoms with Crippen molar-refractivity contribution in [3.63, 3.8) is 0 Å². The summed E-state index contributed by atoms with van der Waals surface area (Å²) in [7, 11) is 3.85. The van der Waals surface area contributed by atoms with Crippen LogP contribution in [0.2, 0.25) is 10.0 Å². The van der Waals surface area contributed by atoms with Crippen molar-refractivity contribution >= 4 is 28.9 Å². The Morgan fingerprint density at radius 3 is 2.43 bits per heavy atom. The maximum absolute atomic E-state index is 9.42. The third-order valence-corrected chi connectivity index (χ3v) is 3.77. The van der Waals surface area contributed by atoms with Gasteiger partial charge < -0.3 is 10.6 Å². The lowest BCUT2D eigenvalue weighted by atomic mass is 9.96. The van der Waals surface area contributed by atoms with Crippen molar-refractivity contribution in [2.24, 2.45) is 0 Å². The van der Waals surface area contributed by atoms with Crippen molar-refractivity contribution in [2.75, 3.05) is 19.8 Å². The van der Waals surface area contributed by atoms with Crippen LogP contribution in [0.4, 0.5) is 5.69 Å². The van der Waals surface area contributed by atoms with Gasteiger partial charge in [-0.05, 0) is 31.8 Å². The number of anilines is 1. The standard InChI is InChI=1S/C16H15Cl2N3/c1-21(2)9-10-7-14(18)15(16(20)12(10)8-19)11-5-3-4-6-13(11)17/h3-7H,9,20H2,1-2H3. The van der Waals surface area contributed by atoms with E-state index in [2.05, 4.69) is 6.07 Å². The summed E-state index contributed by atoms with van der Waals surface area (Å²) in [6.07, 6.45) is 0. The summed E-state index contributed by atoms with van der Waals surface area (Å²) in [5.41, 5.74) is 9.16. The number of hydrogen-bond acceptors (Lipinski definition) is 3. The molecule has 2 rings (SSSR count). The number of nitrogens with two attached hydrogens (primary N) is 1. The summed E-state index contributed by atoms with van der Waals surface area (Å²) in [5.74, 6) is 0. The lowest BCUT2D eigenvalue weighted by molar-refractivity contribution is 0.402. The topological polar surface area (TPSA) is 53.0 Å². The molecule has 5 heteroatoms. The van der Waals surface area contributed by atoms with E-state index in [9.17, 15) is 5.26 Å². The lowest BCUT2D eigenvalue weighted by Gasteiger charge is -2.17. The smallest absolute Gasteiger partial charge is 0.102 e. The first-order chi connectivity index (χ1) is 9.95. The molecular weight excluding hydrogens is 305 g/mol. The highest BCUT2D eigenvalue weighted by atomic mass is 35.5. The average Bonchev–Trinajstić information content (AvgIpc) is 2.40. The van der Waals surface area contributed by atoms with Crippen LogP contribution >= 0.6 is 23.2 Å². The highest BCUT2D eigenvalue weighted by Crippen LogP contribution is 2.40. The molecule has 0 fully saturated rings. The molecule has 108 valence electrons. The van der Waals surface area contributed by atoms with Gasteiger partial charge in [0.05, 0.1) is 16.3 Å². The van der Waals surface area contributed by atoms with E-state index >= 15 is 0 Å². The fourth-order valence-corrected chi connectivity index (χ4v) is 2.82. The van der Waals surface area contributed by atoms with Gasteiger partial charge in [-0.1, -0.05) is 41.4 Å². The first-order valence-corrected chi connectivity index (χ1v) is 7.12. The molecule has 0 radical (unpaired) electrons. The molecule has 0 aromatic heterocycles. The molecule has 21 heavy (non-hydrogen) atoms. The van der Waals surface area contributed by atoms with Crippen molar-refractivity contribution in [1.29, 1.82) is 5.26 Å². The second kappa shape index (κ2) is 6.36. The van der Waals surface area contributed by atoms with Crippen molar-refractivity contribution in [1.82, 2.24) is 4.90 Å². The van der Waals surface area contributed by atoms with Crippen LogP contribution in [0.15, 0.2) is 30.3 Å². The Morgan fingerprint density at radius 2 is 1.86 bits per heavy atom. The van der Waals surface area contributed by atoms with Crippen LogP contribution in [0.1, 0.15) is 11.1 Å². The highest BCUT2D eigenvalue weighted by Gasteiger charge is 2.18. The van der Waals surface area contributed by atoms with Crippen LogP contribution in [-0.4, -0.2) is 19.0 Å². The molecule has 0 aliphatic carbocycles. The molecule has 0 aliphatic heterocycles. The van der Waals surface area contributed by atoms with E-state index in [0.717, 1.165) is 11.1 Å². The Hall–Kier alpha value is -1.73. The van der Waals surface area contributed by atoms with Crippen molar-refractivity contribution in [2.45, 2.75) is 6.54 Å². The summed E-state index contributed by atoms with van der Waals surface area (Å²) in [4.78, 5) is 1.96. The number of nitriles is 1. The normalized spacial score (nSPS) is 10.7. The van der Waals surface area contributed by atoms with E-state index in [1.165, 1.54) is 0 Å². The van der Waals surface area contributed by atoms with Gasteiger partial charge >= 0.3 is 0 Å². The van der Waals surface area contributed by atoms with Gasteiger partial charge in [-0.25, -0.2) is 0 Å². The molecular formula is C16H15Cl2N3. The maximum Gasteiger partial charge on any atom is 0.102 e. The SMILES string of the molecule is CN(C)Cc1cc(Cl)c(-c2ccccc2Cl)c(N)c1C#N. The number of halogens is 2. The molecule has 2 N–H and O–H groups in total. The molecule has 0 spiro atoms. The van der Waals surface area contributed by atoms with Gasteiger partial charge in [-0.3, -0.25) is 0 Å². The van der Waals surface area contributed by atoms with Gasteiger partial charge in [-0.2, -0.15) is 5.26 Å². The zero-order valence-electron chi connectivity index (χ0n) is 11.8. The zero-order valence-corrected chi connectivity index (χ0v) is 13.3. The summed E-state index contributed by atoms with van der Waals surface area (Å²) in [6.45, 7) is 0.593. The van der Waals surface area contributed by atoms with E-state index < -0.39 is 0 Å². The predicted molar refractivity (Wildman–Crippen MR) is 88.4 cm³/mol. The largest absolute Gasteiger partial charge is 0.397 e. The lowest BCUT2D eigenvalue weighted by Crippen LogP contribution is -2.13. The minimum absolute atomic E-state index is 0.370. The highest BCUT2D eigenvalue weighted by molar-refractivity contribution is 6.37. The Labute approximate surface area is 134 Å². The predicted octanol–water partition coefficient (Wildman–Crippen LogP) is 4.18. The molecule has 2 aromatic rings. The molecule has 0 heterocycles. The zero-order chi connectivity index (χ0) is 15.6. The third kappa shape index (κ3) is 3.14. The van der Waals surface area contributed by atoms with Gasteiger partial charge in [0.25, 0.3) is 0 Å². The van der Waals surface area contributed by atoms with Gasteiger partial charge in [0.15, 0.2) is 0 Å². The van der Waals surface area contributed by atoms with E-state index in [0.29, 0.717) is 33.4 Å². The third-order valence-electron chi connectivity index (χ3n) is 3.14. The second-order valence-corrected chi connectivity index (χ2v) is 5.83. The van der Waals surface area contributed by atoms with E-state index in [1.54, 1.807) is 12.1 Å². The number of benzene rings is 2. The molecule has 0 aliphatic rings. The maximum atomic E-state index is 9.42. The number of nitrogen functional groups attached to an aromatic ring is 1. The Balaban J connectivity index is 2.70. The van der Waals surface area contributed by atoms with Crippen LogP contribution in [0.5, 0.6) is 0 Å². The summed E-state index contributed by atoms with van der Waals surface area (Å²) in [6, 6.07) is 11.3. The van der Waals surface area contributed by atoms with Crippen molar-refractivity contribution < 1.29 is 0 Å². The number of rotatable bonds is 3. The number of hydrogen-bond donors (Lipinski definition) is 1. The first kappa shape index (κ1) is 15.7. The quantitative estimate of drug-likeness (QED) is 0.863. The molecule has 0 amide bonds. The molecule has 0 bridgehead atoms. The number of nitrogens with zero attached hydrogens (tertiary/aromatic N) is 2. The Bertz CT molecular complexity index is 718. The van der Waals surface area contributed by atoms with Crippen LogP contribution < -0.4 is 5.73 Å². The molecule has 0 saturated carbocycles. The van der Waals surface area contributed by atoms with Gasteiger partial charge in [0.2, 0.25) is 0 Å². The molecule has 3 nitrogen and oxygen atoms in total. The molecule has 0 atom stereocenters. The van der Waals surface area contributed by atoms with Gasteiger partial charge in [-0.15, -0.1) is 0 Å². The van der Waals surface area contributed by atoms with Gasteiger partial charge in [0, 0.05) is 22.7 Å². The van der Waals surface area contributed by atoms with Crippen molar-refractivity contribution in [3.8, 4) is 17.2 Å². The summed E-state index contributed by atoms with van der Waals surface area (Å²) >= 11 is 12.6. The fraction of sp³-hybridized carbons (Fsp3) is 0.188. The molecule has 0 unspecified atom stereocenters. The van der Waals surface area contributed by atoms with Crippen LogP contribution in [0.25, 0.3) is 11.1 Å². The average molecular weight is 320 g/mol. The van der Waals surface area contributed by atoms with Gasteiger partial charge in [0.1, 0.15) is 6.07 Å².